The molecule has 0 amide bonds. The number of fused-ring (bicyclic) bond motifs is 3. The Morgan fingerprint density at radius 1 is 1.08 bits per heavy atom. The number of hydrogen-bond acceptors (Lipinski definition) is 5. The number of hydrogen-bond donors (Lipinski definition) is 0. The maximum absolute atomic E-state index is 12.4. The highest BCUT2D eigenvalue weighted by Crippen LogP contribution is 2.15. The molecular weight excluding hydrogens is 332 g/mol. The van der Waals surface area contributed by atoms with E-state index in [4.69, 9.17) is 4.74 Å². The van der Waals surface area contributed by atoms with Crippen LogP contribution in [0.15, 0.2) is 53.3 Å². The lowest BCUT2D eigenvalue weighted by molar-refractivity contribution is 0.0460. The second-order valence-corrected chi connectivity index (χ2v) is 6.02. The van der Waals surface area contributed by atoms with E-state index in [2.05, 4.69) is 10.2 Å². The monoisotopic (exact) mass is 348 g/mol. The molecule has 0 spiro atoms. The van der Waals surface area contributed by atoms with E-state index < -0.39 is 5.97 Å². The number of ether oxygens (including phenoxy) is 1. The number of aromatic nitrogens is 4. The Kier molecular flexibility index (Phi) is 3.76. The molecule has 4 rings (SSSR count). The van der Waals surface area contributed by atoms with Gasteiger partial charge in [-0.15, -0.1) is 10.2 Å². The molecule has 0 unspecified atom stereocenters. The maximum atomic E-state index is 12.4. The quantitative estimate of drug-likeness (QED) is 0.531. The van der Waals surface area contributed by atoms with Crippen molar-refractivity contribution in [2.24, 2.45) is 7.05 Å². The van der Waals surface area contributed by atoms with Crippen LogP contribution in [0.3, 0.4) is 0 Å². The zero-order valence-electron chi connectivity index (χ0n) is 14.3. The van der Waals surface area contributed by atoms with Gasteiger partial charge in [-0.25, -0.2) is 4.79 Å². The van der Waals surface area contributed by atoms with Gasteiger partial charge in [0.15, 0.2) is 12.4 Å². The van der Waals surface area contributed by atoms with Gasteiger partial charge in [-0.3, -0.25) is 13.8 Å². The molecule has 7 heteroatoms. The molecular formula is C19H16N4O3. The summed E-state index contributed by atoms with van der Waals surface area (Å²) in [6.45, 7) is 1.81. The minimum absolute atomic E-state index is 0.0451. The van der Waals surface area contributed by atoms with E-state index in [9.17, 15) is 9.59 Å². The highest BCUT2D eigenvalue weighted by Gasteiger charge is 2.16. The lowest BCUT2D eigenvalue weighted by atomic mass is 10.1. The summed E-state index contributed by atoms with van der Waals surface area (Å²) < 4.78 is 8.60. The second-order valence-electron chi connectivity index (χ2n) is 6.02. The van der Waals surface area contributed by atoms with Crippen molar-refractivity contribution in [3.63, 3.8) is 0 Å². The Balaban J connectivity index is 1.75. The van der Waals surface area contributed by atoms with Crippen molar-refractivity contribution in [3.05, 3.63) is 75.8 Å². The van der Waals surface area contributed by atoms with Crippen LogP contribution in [0.25, 0.3) is 16.7 Å². The number of nitrogens with zero attached hydrogens (tertiary/aromatic N) is 4. The number of rotatable bonds is 3. The molecule has 0 aliphatic carbocycles. The topological polar surface area (TPSA) is 78.5 Å². The molecule has 0 aliphatic heterocycles. The van der Waals surface area contributed by atoms with Gasteiger partial charge in [-0.05, 0) is 30.7 Å². The van der Waals surface area contributed by atoms with Crippen LogP contribution in [0.4, 0.5) is 0 Å². The summed E-state index contributed by atoms with van der Waals surface area (Å²) in [4.78, 5) is 24.8. The molecule has 0 atom stereocenters. The van der Waals surface area contributed by atoms with Crippen LogP contribution in [0.1, 0.15) is 21.7 Å². The van der Waals surface area contributed by atoms with Crippen molar-refractivity contribution >= 4 is 22.6 Å². The van der Waals surface area contributed by atoms with Gasteiger partial charge in [-0.2, -0.15) is 0 Å². The van der Waals surface area contributed by atoms with Crippen molar-refractivity contribution in [1.29, 1.82) is 0 Å². The van der Waals surface area contributed by atoms with Crippen LogP contribution in [-0.2, 0) is 18.4 Å². The summed E-state index contributed by atoms with van der Waals surface area (Å²) in [6, 6.07) is 14.4. The zero-order valence-corrected chi connectivity index (χ0v) is 14.3. The highest BCUT2D eigenvalue weighted by molar-refractivity contribution is 5.91. The first-order valence-electron chi connectivity index (χ1n) is 8.12. The van der Waals surface area contributed by atoms with E-state index in [1.807, 2.05) is 31.2 Å². The summed E-state index contributed by atoms with van der Waals surface area (Å²) in [5, 5.41) is 8.74. The number of carbonyl (C=O) groups excluding carboxylic acids is 1. The molecule has 2 aromatic carbocycles. The molecule has 0 radical (unpaired) electrons. The second kappa shape index (κ2) is 6.11. The van der Waals surface area contributed by atoms with Gasteiger partial charge in [0.25, 0.3) is 5.56 Å². The van der Waals surface area contributed by atoms with Crippen LogP contribution in [0.2, 0.25) is 0 Å². The molecule has 0 N–H and O–H groups in total. The van der Waals surface area contributed by atoms with Gasteiger partial charge in [-0.1, -0.05) is 30.3 Å². The van der Waals surface area contributed by atoms with E-state index in [1.54, 1.807) is 35.7 Å². The van der Waals surface area contributed by atoms with E-state index in [0.717, 1.165) is 5.56 Å². The summed E-state index contributed by atoms with van der Waals surface area (Å²) in [6.07, 6.45) is 0. The van der Waals surface area contributed by atoms with Crippen molar-refractivity contribution in [2.45, 2.75) is 13.5 Å². The third kappa shape index (κ3) is 2.45. The van der Waals surface area contributed by atoms with Crippen LogP contribution in [0.5, 0.6) is 0 Å². The van der Waals surface area contributed by atoms with Crippen LogP contribution < -0.4 is 5.56 Å². The van der Waals surface area contributed by atoms with Gasteiger partial charge < -0.3 is 4.74 Å². The first kappa shape index (κ1) is 16.0. The van der Waals surface area contributed by atoms with Gasteiger partial charge in [0, 0.05) is 7.05 Å². The fourth-order valence-electron chi connectivity index (χ4n) is 3.00. The Morgan fingerprint density at radius 3 is 2.62 bits per heavy atom. The fourth-order valence-corrected chi connectivity index (χ4v) is 3.00. The van der Waals surface area contributed by atoms with Crippen LogP contribution in [-0.4, -0.2) is 25.1 Å². The third-order valence-corrected chi connectivity index (χ3v) is 4.39. The van der Waals surface area contributed by atoms with Gasteiger partial charge in [0.05, 0.1) is 16.5 Å². The molecule has 2 aromatic heterocycles. The van der Waals surface area contributed by atoms with E-state index in [1.165, 1.54) is 4.57 Å². The van der Waals surface area contributed by atoms with E-state index in [0.29, 0.717) is 28.1 Å². The molecule has 0 bridgehead atoms. The standard InChI is InChI=1S/C19H16N4O3/c1-12-7-3-4-8-13(12)18(25)26-11-16-20-21-19-22(2)17(24)14-9-5-6-10-15(14)23(16)19/h3-10H,11H2,1-2H3. The Labute approximate surface area is 148 Å². The van der Waals surface area contributed by atoms with E-state index >= 15 is 0 Å². The van der Waals surface area contributed by atoms with Gasteiger partial charge in [0.2, 0.25) is 5.78 Å². The van der Waals surface area contributed by atoms with Crippen molar-refractivity contribution in [3.8, 4) is 0 Å². The summed E-state index contributed by atoms with van der Waals surface area (Å²) in [5.41, 5.74) is 1.89. The lowest BCUT2D eigenvalue weighted by Gasteiger charge is -2.09. The zero-order chi connectivity index (χ0) is 18.3. The number of esters is 1. The molecule has 130 valence electrons. The third-order valence-electron chi connectivity index (χ3n) is 4.39. The number of para-hydroxylation sites is 1. The van der Waals surface area contributed by atoms with E-state index in [-0.39, 0.29) is 12.2 Å². The Bertz CT molecular complexity index is 1210. The molecule has 0 aliphatic rings. The molecule has 0 fully saturated rings. The summed E-state index contributed by atoms with van der Waals surface area (Å²) in [5.74, 6) is 0.429. The predicted molar refractivity (Wildman–Crippen MR) is 96.0 cm³/mol. The number of aryl methyl sites for hydroxylation is 2. The first-order valence-corrected chi connectivity index (χ1v) is 8.12. The predicted octanol–water partition coefficient (Wildman–Crippen LogP) is 2.25. The molecule has 26 heavy (non-hydrogen) atoms. The Morgan fingerprint density at radius 2 is 1.81 bits per heavy atom. The van der Waals surface area contributed by atoms with Crippen molar-refractivity contribution in [2.75, 3.05) is 0 Å². The largest absolute Gasteiger partial charge is 0.454 e. The van der Waals surface area contributed by atoms with Gasteiger partial charge in [0.1, 0.15) is 0 Å². The smallest absolute Gasteiger partial charge is 0.338 e. The molecule has 0 saturated carbocycles. The number of benzene rings is 2. The SMILES string of the molecule is Cc1ccccc1C(=O)OCc1nnc2n(C)c(=O)c3ccccc3n12. The van der Waals surface area contributed by atoms with Crippen molar-refractivity contribution < 1.29 is 9.53 Å². The molecule has 2 heterocycles. The average molecular weight is 348 g/mol. The summed E-state index contributed by atoms with van der Waals surface area (Å²) >= 11 is 0. The van der Waals surface area contributed by atoms with Crippen molar-refractivity contribution in [1.82, 2.24) is 19.2 Å². The average Bonchev–Trinajstić information content (AvgIpc) is 3.09. The van der Waals surface area contributed by atoms with Crippen LogP contribution in [0, 0.1) is 6.92 Å². The fraction of sp³-hybridized carbons (Fsp3) is 0.158. The molecule has 7 nitrogen and oxygen atoms in total. The number of carbonyl (C=O) groups is 1. The molecule has 4 aromatic rings. The molecule has 0 saturated heterocycles. The van der Waals surface area contributed by atoms with Gasteiger partial charge >= 0.3 is 5.97 Å². The highest BCUT2D eigenvalue weighted by atomic mass is 16.5. The normalized spacial score (nSPS) is 11.2. The lowest BCUT2D eigenvalue weighted by Crippen LogP contribution is -2.20. The first-order chi connectivity index (χ1) is 12.6. The maximum Gasteiger partial charge on any atom is 0.338 e. The summed E-state index contributed by atoms with van der Waals surface area (Å²) in [7, 11) is 1.64. The Hall–Kier alpha value is -3.48. The minimum atomic E-state index is -0.422. The minimum Gasteiger partial charge on any atom is -0.454 e. The van der Waals surface area contributed by atoms with Crippen LogP contribution >= 0.6 is 0 Å².